The Morgan fingerprint density at radius 3 is 2.70 bits per heavy atom. The quantitative estimate of drug-likeness (QED) is 0.904. The minimum Gasteiger partial charge on any atom is -0.317 e. The van der Waals surface area contributed by atoms with Crippen molar-refractivity contribution in [2.75, 3.05) is 0 Å². The zero-order valence-electron chi connectivity index (χ0n) is 11.5. The zero-order valence-corrected chi connectivity index (χ0v) is 12.3. The maximum Gasteiger partial charge on any atom is 0.238 e. The molecule has 1 unspecified atom stereocenters. The molecule has 0 fully saturated rings. The van der Waals surface area contributed by atoms with Crippen molar-refractivity contribution in [1.82, 2.24) is 14.8 Å². The summed E-state index contributed by atoms with van der Waals surface area (Å²) >= 11 is 0. The molecule has 1 heterocycles. The van der Waals surface area contributed by atoms with Crippen LogP contribution >= 0.6 is 0 Å². The van der Waals surface area contributed by atoms with Crippen molar-refractivity contribution < 1.29 is 8.42 Å². The Morgan fingerprint density at radius 2 is 2.05 bits per heavy atom. The Kier molecular flexibility index (Phi) is 4.20. The van der Waals surface area contributed by atoms with Gasteiger partial charge in [-0.2, -0.15) is 0 Å². The first kappa shape index (κ1) is 14.7. The molecule has 0 amide bonds. The molecular weight excluding hydrogens is 276 g/mol. The minimum absolute atomic E-state index is 0.138. The maximum atomic E-state index is 11.7. The van der Waals surface area contributed by atoms with E-state index in [9.17, 15) is 8.42 Å². The number of nitrogens with two attached hydrogens (primary N) is 1. The number of benzene rings is 1. The van der Waals surface area contributed by atoms with Gasteiger partial charge in [-0.3, -0.25) is 0 Å². The summed E-state index contributed by atoms with van der Waals surface area (Å²) in [4.78, 5) is 0.138. The van der Waals surface area contributed by atoms with Crippen molar-refractivity contribution in [3.63, 3.8) is 0 Å². The highest BCUT2D eigenvalue weighted by molar-refractivity contribution is 7.89. The number of sulfonamides is 1. The highest BCUT2D eigenvalue weighted by Crippen LogP contribution is 2.27. The normalized spacial score (nSPS) is 13.3. The van der Waals surface area contributed by atoms with Crippen LogP contribution in [0, 0.1) is 0 Å². The van der Waals surface area contributed by atoms with Crippen LogP contribution in [0.3, 0.4) is 0 Å². The van der Waals surface area contributed by atoms with E-state index in [2.05, 4.69) is 17.1 Å². The van der Waals surface area contributed by atoms with Gasteiger partial charge >= 0.3 is 0 Å². The van der Waals surface area contributed by atoms with Crippen molar-refractivity contribution in [3.8, 4) is 0 Å². The Labute approximate surface area is 118 Å². The predicted molar refractivity (Wildman–Crippen MR) is 75.6 cm³/mol. The fourth-order valence-electron chi connectivity index (χ4n) is 2.25. The molecule has 0 aliphatic heterocycles. The van der Waals surface area contributed by atoms with Crippen LogP contribution < -0.4 is 5.14 Å². The van der Waals surface area contributed by atoms with Crippen LogP contribution in [0.5, 0.6) is 0 Å². The molecule has 0 aliphatic carbocycles. The summed E-state index contributed by atoms with van der Waals surface area (Å²) in [5.74, 6) is 0.543. The van der Waals surface area contributed by atoms with Crippen molar-refractivity contribution in [1.29, 1.82) is 0 Å². The summed E-state index contributed by atoms with van der Waals surface area (Å²) in [6.45, 7) is 4.76. The molecule has 0 bridgehead atoms. The lowest BCUT2D eigenvalue weighted by atomic mass is 10.0. The number of nitrogens with zero attached hydrogens (tertiary/aromatic N) is 3. The number of aromatic nitrogens is 3. The van der Waals surface area contributed by atoms with Gasteiger partial charge in [0, 0.05) is 12.5 Å². The molecular formula is C13H18N4O2S. The van der Waals surface area contributed by atoms with Crippen LogP contribution in [0.1, 0.15) is 37.6 Å². The molecule has 7 heteroatoms. The van der Waals surface area contributed by atoms with Gasteiger partial charge in [-0.1, -0.05) is 32.0 Å². The van der Waals surface area contributed by atoms with Gasteiger partial charge in [0.25, 0.3) is 0 Å². The van der Waals surface area contributed by atoms with Crippen LogP contribution in [0.4, 0.5) is 0 Å². The number of primary sulfonamides is 1. The van der Waals surface area contributed by atoms with Gasteiger partial charge in [0.1, 0.15) is 12.2 Å². The molecule has 0 saturated carbocycles. The second kappa shape index (κ2) is 5.72. The van der Waals surface area contributed by atoms with Gasteiger partial charge in [0.2, 0.25) is 10.0 Å². The molecule has 1 atom stereocenters. The smallest absolute Gasteiger partial charge is 0.238 e. The second-order valence-corrected chi connectivity index (χ2v) is 6.22. The minimum atomic E-state index is -3.75. The van der Waals surface area contributed by atoms with E-state index >= 15 is 0 Å². The maximum absolute atomic E-state index is 11.7. The molecule has 0 radical (unpaired) electrons. The standard InChI is InChI=1S/C13H18N4O2S/c1-3-8-17-9-15-16-13(17)10(2)11-6-4-5-7-12(11)20(14,18)19/h4-7,9-10H,3,8H2,1-2H3,(H2,14,18,19). The fourth-order valence-corrected chi connectivity index (χ4v) is 3.09. The molecule has 6 nitrogen and oxygen atoms in total. The average Bonchev–Trinajstić information content (AvgIpc) is 2.85. The third kappa shape index (κ3) is 2.88. The zero-order chi connectivity index (χ0) is 14.8. The van der Waals surface area contributed by atoms with Gasteiger partial charge in [0.15, 0.2) is 0 Å². The Bertz CT molecular complexity index is 694. The fraction of sp³-hybridized carbons (Fsp3) is 0.385. The Balaban J connectivity index is 2.49. The summed E-state index contributed by atoms with van der Waals surface area (Å²) in [5, 5.41) is 13.3. The first-order valence-electron chi connectivity index (χ1n) is 6.44. The van der Waals surface area contributed by atoms with Crippen molar-refractivity contribution in [3.05, 3.63) is 42.0 Å². The van der Waals surface area contributed by atoms with Crippen LogP contribution in [0.15, 0.2) is 35.5 Å². The third-order valence-corrected chi connectivity index (χ3v) is 4.17. The van der Waals surface area contributed by atoms with Crippen LogP contribution in [0.2, 0.25) is 0 Å². The largest absolute Gasteiger partial charge is 0.317 e. The van der Waals surface area contributed by atoms with Crippen LogP contribution in [0.25, 0.3) is 0 Å². The molecule has 0 aliphatic rings. The van der Waals surface area contributed by atoms with Gasteiger partial charge in [-0.15, -0.1) is 10.2 Å². The lowest BCUT2D eigenvalue weighted by Crippen LogP contribution is -2.17. The summed E-state index contributed by atoms with van der Waals surface area (Å²) in [5.41, 5.74) is 0.639. The van der Waals surface area contributed by atoms with Crippen LogP contribution in [-0.4, -0.2) is 23.2 Å². The van der Waals surface area contributed by atoms with Gasteiger partial charge in [0.05, 0.1) is 4.90 Å². The van der Waals surface area contributed by atoms with E-state index in [1.807, 2.05) is 11.5 Å². The van der Waals surface area contributed by atoms with Gasteiger partial charge < -0.3 is 4.57 Å². The van der Waals surface area contributed by atoms with Crippen molar-refractivity contribution >= 4 is 10.0 Å². The molecule has 2 N–H and O–H groups in total. The molecule has 2 aromatic rings. The summed E-state index contributed by atoms with van der Waals surface area (Å²) in [6, 6.07) is 6.73. The molecule has 20 heavy (non-hydrogen) atoms. The molecule has 1 aromatic carbocycles. The first-order valence-corrected chi connectivity index (χ1v) is 7.99. The summed E-state index contributed by atoms with van der Waals surface area (Å²) < 4.78 is 25.3. The number of hydrogen-bond acceptors (Lipinski definition) is 4. The predicted octanol–water partition coefficient (Wildman–Crippen LogP) is 1.49. The van der Waals surface area contributed by atoms with Crippen molar-refractivity contribution in [2.24, 2.45) is 5.14 Å². The lowest BCUT2D eigenvalue weighted by molar-refractivity contribution is 0.592. The topological polar surface area (TPSA) is 90.9 Å². The summed E-state index contributed by atoms with van der Waals surface area (Å²) in [6.07, 6.45) is 2.61. The van der Waals surface area contributed by atoms with Gasteiger partial charge in [-0.05, 0) is 18.1 Å². The first-order chi connectivity index (χ1) is 9.45. The van der Waals surface area contributed by atoms with E-state index in [1.165, 1.54) is 6.07 Å². The molecule has 0 saturated heterocycles. The molecule has 0 spiro atoms. The molecule has 1 aromatic heterocycles. The number of hydrogen-bond donors (Lipinski definition) is 1. The SMILES string of the molecule is CCCn1cnnc1C(C)c1ccccc1S(N)(=O)=O. The Hall–Kier alpha value is -1.73. The van der Waals surface area contributed by atoms with E-state index in [4.69, 9.17) is 5.14 Å². The van der Waals surface area contributed by atoms with E-state index < -0.39 is 10.0 Å². The van der Waals surface area contributed by atoms with E-state index in [-0.39, 0.29) is 10.8 Å². The van der Waals surface area contributed by atoms with E-state index in [0.29, 0.717) is 5.56 Å². The Morgan fingerprint density at radius 1 is 1.35 bits per heavy atom. The second-order valence-electron chi connectivity index (χ2n) is 4.69. The van der Waals surface area contributed by atoms with Crippen LogP contribution in [-0.2, 0) is 16.6 Å². The van der Waals surface area contributed by atoms with Crippen molar-refractivity contribution in [2.45, 2.75) is 37.6 Å². The number of aryl methyl sites for hydroxylation is 1. The number of rotatable bonds is 5. The summed E-state index contributed by atoms with van der Waals surface area (Å²) in [7, 11) is -3.75. The van der Waals surface area contributed by atoms with E-state index in [1.54, 1.807) is 24.5 Å². The molecule has 2 rings (SSSR count). The highest BCUT2D eigenvalue weighted by Gasteiger charge is 2.22. The average molecular weight is 294 g/mol. The van der Waals surface area contributed by atoms with E-state index in [0.717, 1.165) is 18.8 Å². The lowest BCUT2D eigenvalue weighted by Gasteiger charge is -2.15. The monoisotopic (exact) mass is 294 g/mol. The van der Waals surface area contributed by atoms with Gasteiger partial charge in [-0.25, -0.2) is 13.6 Å². The highest BCUT2D eigenvalue weighted by atomic mass is 32.2. The molecule has 108 valence electrons. The third-order valence-electron chi connectivity index (χ3n) is 3.19.